The molecule has 17 heavy (non-hydrogen) atoms. The van der Waals surface area contributed by atoms with Crippen LogP contribution in [-0.4, -0.2) is 41.5 Å². The smallest absolute Gasteiger partial charge is 0.291 e. The van der Waals surface area contributed by atoms with E-state index in [4.69, 9.17) is 4.42 Å². The highest BCUT2D eigenvalue weighted by Crippen LogP contribution is 2.33. The van der Waals surface area contributed by atoms with Crippen molar-refractivity contribution in [2.45, 2.75) is 19.9 Å². The molecule has 2 aliphatic rings. The molecule has 3 atom stereocenters. The molecular weight excluding hydrogens is 218 g/mol. The van der Waals surface area contributed by atoms with Crippen molar-refractivity contribution in [1.82, 2.24) is 15.2 Å². The highest BCUT2D eigenvalue weighted by atomic mass is 16.3. The first-order valence-electron chi connectivity index (χ1n) is 6.10. The molecule has 0 bridgehead atoms. The monoisotopic (exact) mass is 235 g/mol. The number of carbonyl (C=O) groups excluding carboxylic acids is 1. The van der Waals surface area contributed by atoms with Gasteiger partial charge in [-0.15, -0.1) is 0 Å². The number of carbonyl (C=O) groups is 1. The van der Waals surface area contributed by atoms with Crippen molar-refractivity contribution in [3.8, 4) is 0 Å². The summed E-state index contributed by atoms with van der Waals surface area (Å²) >= 11 is 0. The third-order valence-corrected chi connectivity index (χ3v) is 4.14. The first-order chi connectivity index (χ1) is 8.18. The van der Waals surface area contributed by atoms with E-state index in [1.165, 1.54) is 6.39 Å². The average Bonchev–Trinajstić information content (AvgIpc) is 2.96. The molecule has 1 N–H and O–H groups in total. The maximum Gasteiger partial charge on any atom is 0.291 e. The Balaban J connectivity index is 1.82. The second-order valence-corrected chi connectivity index (χ2v) is 5.05. The van der Waals surface area contributed by atoms with Crippen LogP contribution in [0.25, 0.3) is 0 Å². The van der Waals surface area contributed by atoms with Crippen molar-refractivity contribution in [3.63, 3.8) is 0 Å². The van der Waals surface area contributed by atoms with Gasteiger partial charge in [-0.25, -0.2) is 4.98 Å². The number of amides is 1. The minimum atomic E-state index is -0.0121. The number of nitrogens with zero attached hydrogens (tertiary/aromatic N) is 2. The number of rotatable bonds is 1. The van der Waals surface area contributed by atoms with E-state index in [0.29, 0.717) is 23.3 Å². The van der Waals surface area contributed by atoms with Crippen LogP contribution in [0.2, 0.25) is 0 Å². The third-order valence-electron chi connectivity index (χ3n) is 4.14. The molecule has 1 aromatic rings. The number of likely N-dealkylation sites (tertiary alicyclic amines) is 1. The van der Waals surface area contributed by atoms with Crippen molar-refractivity contribution in [3.05, 3.63) is 17.8 Å². The summed E-state index contributed by atoms with van der Waals surface area (Å²) in [5, 5.41) is 3.39. The summed E-state index contributed by atoms with van der Waals surface area (Å²) in [6.07, 6.45) is 1.34. The Morgan fingerprint density at radius 3 is 3.06 bits per heavy atom. The fourth-order valence-electron chi connectivity index (χ4n) is 3.07. The van der Waals surface area contributed by atoms with Crippen LogP contribution in [0.15, 0.2) is 10.8 Å². The predicted molar refractivity (Wildman–Crippen MR) is 61.6 cm³/mol. The SMILES string of the molecule is Cc1ncoc1C(=O)N1CC2CNCC2C1C. The number of fused-ring (bicyclic) bond motifs is 1. The molecule has 2 fully saturated rings. The third kappa shape index (κ3) is 1.57. The Morgan fingerprint density at radius 1 is 1.59 bits per heavy atom. The molecular formula is C12H17N3O2. The van der Waals surface area contributed by atoms with Crippen molar-refractivity contribution in [2.75, 3.05) is 19.6 Å². The molecule has 3 unspecified atom stereocenters. The maximum atomic E-state index is 12.3. The lowest BCUT2D eigenvalue weighted by molar-refractivity contribution is 0.0695. The van der Waals surface area contributed by atoms with Crippen molar-refractivity contribution in [1.29, 1.82) is 0 Å². The van der Waals surface area contributed by atoms with Crippen LogP contribution in [-0.2, 0) is 0 Å². The molecule has 0 saturated carbocycles. The second kappa shape index (κ2) is 3.84. The molecule has 0 aliphatic carbocycles. The average molecular weight is 235 g/mol. The zero-order chi connectivity index (χ0) is 12.0. The lowest BCUT2D eigenvalue weighted by atomic mass is 9.95. The van der Waals surface area contributed by atoms with Gasteiger partial charge in [0.2, 0.25) is 5.76 Å². The lowest BCUT2D eigenvalue weighted by Crippen LogP contribution is -2.38. The first kappa shape index (κ1) is 10.8. The molecule has 1 aromatic heterocycles. The van der Waals surface area contributed by atoms with Gasteiger partial charge in [-0.3, -0.25) is 4.79 Å². The second-order valence-electron chi connectivity index (χ2n) is 5.05. The van der Waals surface area contributed by atoms with E-state index in [9.17, 15) is 4.79 Å². The Labute approximate surface area is 100 Å². The van der Waals surface area contributed by atoms with E-state index in [-0.39, 0.29) is 11.9 Å². The van der Waals surface area contributed by atoms with Crippen molar-refractivity contribution >= 4 is 5.91 Å². The molecule has 3 heterocycles. The fourth-order valence-corrected chi connectivity index (χ4v) is 3.07. The summed E-state index contributed by atoms with van der Waals surface area (Å²) in [6.45, 7) is 6.80. The molecule has 0 spiro atoms. The van der Waals surface area contributed by atoms with Crippen molar-refractivity contribution in [2.24, 2.45) is 11.8 Å². The zero-order valence-electron chi connectivity index (χ0n) is 10.1. The summed E-state index contributed by atoms with van der Waals surface area (Å²) in [5.41, 5.74) is 0.678. The largest absolute Gasteiger partial charge is 0.438 e. The van der Waals surface area contributed by atoms with Gasteiger partial charge in [0.25, 0.3) is 5.91 Å². The molecule has 3 rings (SSSR count). The molecule has 0 radical (unpaired) electrons. The van der Waals surface area contributed by atoms with Gasteiger partial charge >= 0.3 is 0 Å². The van der Waals surface area contributed by atoms with Crippen LogP contribution < -0.4 is 5.32 Å². The van der Waals surface area contributed by atoms with Crippen LogP contribution in [0.4, 0.5) is 0 Å². The number of hydrogen-bond acceptors (Lipinski definition) is 4. The summed E-state index contributed by atoms with van der Waals surface area (Å²) < 4.78 is 5.19. The minimum absolute atomic E-state index is 0.0121. The molecule has 2 saturated heterocycles. The Kier molecular flexibility index (Phi) is 2.43. The van der Waals surface area contributed by atoms with E-state index in [0.717, 1.165) is 19.6 Å². The van der Waals surface area contributed by atoms with Crippen molar-refractivity contribution < 1.29 is 9.21 Å². The number of oxazole rings is 1. The van der Waals surface area contributed by atoms with E-state index in [1.807, 2.05) is 4.90 Å². The molecule has 1 amide bonds. The quantitative estimate of drug-likeness (QED) is 0.777. The van der Waals surface area contributed by atoms with E-state index in [1.54, 1.807) is 6.92 Å². The number of hydrogen-bond donors (Lipinski definition) is 1. The van der Waals surface area contributed by atoms with Gasteiger partial charge in [-0.2, -0.15) is 0 Å². The number of nitrogens with one attached hydrogen (secondary N) is 1. The van der Waals surface area contributed by atoms with Gasteiger partial charge in [-0.1, -0.05) is 0 Å². The van der Waals surface area contributed by atoms with Gasteiger partial charge in [0, 0.05) is 25.7 Å². The Morgan fingerprint density at radius 2 is 2.41 bits per heavy atom. The standard InChI is InChI=1S/C12H17N3O2/c1-7-11(17-6-14-7)12(16)15-5-9-3-13-4-10(9)8(15)2/h6,8-10,13H,3-5H2,1-2H3. The van der Waals surface area contributed by atoms with Crippen LogP contribution in [0.1, 0.15) is 23.2 Å². The highest BCUT2D eigenvalue weighted by Gasteiger charge is 2.44. The molecule has 2 aliphatic heterocycles. The van der Waals surface area contributed by atoms with Crippen LogP contribution in [0.3, 0.4) is 0 Å². The predicted octanol–water partition coefficient (Wildman–Crippen LogP) is 0.663. The summed E-state index contributed by atoms with van der Waals surface area (Å²) in [5.74, 6) is 1.56. The minimum Gasteiger partial charge on any atom is -0.438 e. The van der Waals surface area contributed by atoms with Gasteiger partial charge in [0.1, 0.15) is 0 Å². The molecule has 5 heteroatoms. The first-order valence-corrected chi connectivity index (χ1v) is 6.10. The number of aromatic nitrogens is 1. The Hall–Kier alpha value is -1.36. The maximum absolute atomic E-state index is 12.3. The van der Waals surface area contributed by atoms with Crippen LogP contribution >= 0.6 is 0 Å². The fraction of sp³-hybridized carbons (Fsp3) is 0.667. The molecule has 92 valence electrons. The van der Waals surface area contributed by atoms with Crippen LogP contribution in [0.5, 0.6) is 0 Å². The van der Waals surface area contributed by atoms with Gasteiger partial charge in [0.15, 0.2) is 6.39 Å². The summed E-state index contributed by atoms with van der Waals surface area (Å²) in [6, 6.07) is 0.284. The molecule has 5 nitrogen and oxygen atoms in total. The Bertz CT molecular complexity index is 443. The van der Waals surface area contributed by atoms with E-state index in [2.05, 4.69) is 17.2 Å². The van der Waals surface area contributed by atoms with E-state index < -0.39 is 0 Å². The highest BCUT2D eigenvalue weighted by molar-refractivity contribution is 5.92. The summed E-state index contributed by atoms with van der Waals surface area (Å²) in [4.78, 5) is 18.3. The zero-order valence-corrected chi connectivity index (χ0v) is 10.1. The van der Waals surface area contributed by atoms with Crippen LogP contribution in [0, 0.1) is 18.8 Å². The van der Waals surface area contributed by atoms with E-state index >= 15 is 0 Å². The number of aryl methyl sites for hydroxylation is 1. The normalized spacial score (nSPS) is 31.9. The van der Waals surface area contributed by atoms with Gasteiger partial charge in [-0.05, 0) is 25.7 Å². The van der Waals surface area contributed by atoms with Gasteiger partial charge in [0.05, 0.1) is 5.69 Å². The molecule has 0 aromatic carbocycles. The van der Waals surface area contributed by atoms with Gasteiger partial charge < -0.3 is 14.6 Å². The lowest BCUT2D eigenvalue weighted by Gasteiger charge is -2.23. The summed E-state index contributed by atoms with van der Waals surface area (Å²) in [7, 11) is 0. The topological polar surface area (TPSA) is 58.4 Å².